The Bertz CT molecular complexity index is 1120. The van der Waals surface area contributed by atoms with Crippen molar-refractivity contribution >= 4 is 11.6 Å². The zero-order valence-corrected chi connectivity index (χ0v) is 25.2. The van der Waals surface area contributed by atoms with Crippen LogP contribution in [0.3, 0.4) is 0 Å². The molecule has 1 aliphatic carbocycles. The van der Waals surface area contributed by atoms with Crippen molar-refractivity contribution < 1.29 is 14.6 Å². The molecule has 40 heavy (non-hydrogen) atoms. The quantitative estimate of drug-likeness (QED) is 0.357. The van der Waals surface area contributed by atoms with Gasteiger partial charge >= 0.3 is 0 Å². The molecular weight excluding hydrogens is 500 g/mol. The molecule has 3 atom stereocenters. The Kier molecular flexibility index (Phi) is 10.1. The molecular formula is C33H50N4O3. The fourth-order valence-corrected chi connectivity index (χ4v) is 5.70. The number of rotatable bonds is 6. The molecule has 0 radical (unpaired) electrons. The van der Waals surface area contributed by atoms with Crippen molar-refractivity contribution in [3.63, 3.8) is 0 Å². The SMILES string of the molecule is COc1cc2cc(c1)C(=O)N[C@H]([C@H](O)CNC1(c3cc(C(C)(C)C)ccn3)CC1)C[C@H](C)CCCCCCCN2. The zero-order valence-electron chi connectivity index (χ0n) is 25.2. The number of aliphatic hydroxyl groups excluding tert-OH is 1. The number of anilines is 1. The second-order valence-electron chi connectivity index (χ2n) is 13.1. The molecule has 1 aromatic heterocycles. The lowest BCUT2D eigenvalue weighted by Gasteiger charge is -2.29. The minimum absolute atomic E-state index is 0.0485. The molecule has 1 saturated carbocycles. The Labute approximate surface area is 240 Å². The van der Waals surface area contributed by atoms with Gasteiger partial charge in [-0.2, -0.15) is 0 Å². The first-order chi connectivity index (χ1) is 19.1. The maximum atomic E-state index is 13.5. The van der Waals surface area contributed by atoms with E-state index >= 15 is 0 Å². The fraction of sp³-hybridized carbons (Fsp3) is 0.636. The van der Waals surface area contributed by atoms with E-state index in [0.717, 1.165) is 50.0 Å². The number of hydrogen-bond acceptors (Lipinski definition) is 6. The molecule has 4 rings (SSSR count). The van der Waals surface area contributed by atoms with Crippen LogP contribution in [0.15, 0.2) is 36.5 Å². The summed E-state index contributed by atoms with van der Waals surface area (Å²) in [5, 5.41) is 21.7. The van der Waals surface area contributed by atoms with Gasteiger partial charge in [-0.3, -0.25) is 9.78 Å². The largest absolute Gasteiger partial charge is 0.497 e. The zero-order chi connectivity index (χ0) is 28.8. The second-order valence-corrected chi connectivity index (χ2v) is 13.1. The van der Waals surface area contributed by atoms with Crippen molar-refractivity contribution in [2.24, 2.45) is 5.92 Å². The molecule has 1 aliphatic heterocycles. The van der Waals surface area contributed by atoms with Gasteiger partial charge in [0.1, 0.15) is 5.75 Å². The number of pyridine rings is 1. The molecule has 220 valence electrons. The van der Waals surface area contributed by atoms with E-state index in [1.54, 1.807) is 13.2 Å². The third kappa shape index (κ3) is 8.20. The lowest BCUT2D eigenvalue weighted by atomic mass is 9.86. The third-order valence-electron chi connectivity index (χ3n) is 8.56. The summed E-state index contributed by atoms with van der Waals surface area (Å²) in [6.45, 7) is 10.1. The molecule has 1 fully saturated rings. The molecule has 1 aromatic carbocycles. The minimum atomic E-state index is -0.725. The van der Waals surface area contributed by atoms with Crippen LogP contribution in [0, 0.1) is 5.92 Å². The van der Waals surface area contributed by atoms with E-state index in [2.05, 4.69) is 55.8 Å². The average Bonchev–Trinajstić information content (AvgIpc) is 3.73. The van der Waals surface area contributed by atoms with Crippen LogP contribution in [0.5, 0.6) is 5.75 Å². The normalized spacial score (nSPS) is 23.0. The van der Waals surface area contributed by atoms with Crippen LogP contribution >= 0.6 is 0 Å². The number of carbonyl (C=O) groups is 1. The van der Waals surface area contributed by atoms with E-state index in [9.17, 15) is 9.90 Å². The van der Waals surface area contributed by atoms with Gasteiger partial charge in [-0.05, 0) is 66.8 Å². The van der Waals surface area contributed by atoms with Crippen molar-refractivity contribution in [3.8, 4) is 5.75 Å². The summed E-state index contributed by atoms with van der Waals surface area (Å²) in [6.07, 6.45) is 10.9. The third-order valence-corrected chi connectivity index (χ3v) is 8.56. The van der Waals surface area contributed by atoms with Crippen molar-refractivity contribution in [1.82, 2.24) is 15.6 Å². The number of amides is 1. The van der Waals surface area contributed by atoms with Gasteiger partial charge in [-0.25, -0.2) is 0 Å². The van der Waals surface area contributed by atoms with Gasteiger partial charge in [0.2, 0.25) is 0 Å². The van der Waals surface area contributed by atoms with Crippen molar-refractivity contribution in [2.45, 2.75) is 109 Å². The van der Waals surface area contributed by atoms with Gasteiger partial charge in [0.05, 0.1) is 30.5 Å². The summed E-state index contributed by atoms with van der Waals surface area (Å²) in [6, 6.07) is 9.50. The topological polar surface area (TPSA) is 95.5 Å². The predicted octanol–water partition coefficient (Wildman–Crippen LogP) is 5.92. The molecule has 0 spiro atoms. The standard InChI is InChI=1S/C33H50N4O3/c1-23-11-9-7-6-8-10-15-34-26-18-24(19-27(21-26)40-5)31(39)37-28(17-23)29(38)22-36-33(13-14-33)30-20-25(12-16-35-30)32(2,3)4/h12,16,18-21,23,28-29,34,36,38H,6-11,13-15,17,22H2,1-5H3,(H,37,39)/t23-,28+,29-/m1/s1. The highest BCUT2D eigenvalue weighted by molar-refractivity contribution is 5.96. The fourth-order valence-electron chi connectivity index (χ4n) is 5.70. The number of carbonyl (C=O) groups excluding carboxylic acids is 1. The maximum Gasteiger partial charge on any atom is 0.251 e. The maximum absolute atomic E-state index is 13.5. The van der Waals surface area contributed by atoms with Crippen LogP contribution in [-0.4, -0.2) is 48.3 Å². The average molecular weight is 551 g/mol. The molecule has 2 aliphatic rings. The highest BCUT2D eigenvalue weighted by Crippen LogP contribution is 2.45. The lowest BCUT2D eigenvalue weighted by Crippen LogP contribution is -2.49. The van der Waals surface area contributed by atoms with Gasteiger partial charge in [-0.15, -0.1) is 0 Å². The molecule has 1 amide bonds. The number of hydrogen-bond donors (Lipinski definition) is 4. The molecule has 2 heterocycles. The first kappa shape index (κ1) is 30.3. The van der Waals surface area contributed by atoms with Crippen LogP contribution in [0.25, 0.3) is 0 Å². The Morgan fingerprint density at radius 3 is 2.60 bits per heavy atom. The molecule has 0 unspecified atom stereocenters. The van der Waals surface area contributed by atoms with E-state index in [4.69, 9.17) is 9.72 Å². The van der Waals surface area contributed by atoms with Gasteiger partial charge in [-0.1, -0.05) is 59.8 Å². The van der Waals surface area contributed by atoms with E-state index in [1.165, 1.54) is 31.2 Å². The van der Waals surface area contributed by atoms with Gasteiger partial charge in [0.25, 0.3) is 5.91 Å². The highest BCUT2D eigenvalue weighted by Gasteiger charge is 2.46. The van der Waals surface area contributed by atoms with Crippen molar-refractivity contribution in [3.05, 3.63) is 53.3 Å². The summed E-state index contributed by atoms with van der Waals surface area (Å²) in [5.41, 5.74) is 3.56. The Hall–Kier alpha value is -2.64. The van der Waals surface area contributed by atoms with Crippen LogP contribution in [-0.2, 0) is 11.0 Å². The second kappa shape index (κ2) is 13.3. The van der Waals surface area contributed by atoms with Crippen LogP contribution < -0.4 is 20.7 Å². The number of fused-ring (bicyclic) bond motifs is 2. The molecule has 4 N–H and O–H groups in total. The Balaban J connectivity index is 1.50. The first-order valence-electron chi connectivity index (χ1n) is 15.2. The molecule has 0 saturated heterocycles. The van der Waals surface area contributed by atoms with E-state index < -0.39 is 6.10 Å². The summed E-state index contributed by atoms with van der Waals surface area (Å²) in [5.74, 6) is 0.852. The lowest BCUT2D eigenvalue weighted by molar-refractivity contribution is 0.0782. The first-order valence-corrected chi connectivity index (χ1v) is 15.2. The molecule has 7 heteroatoms. The van der Waals surface area contributed by atoms with Crippen molar-refractivity contribution in [2.75, 3.05) is 25.5 Å². The number of benzene rings is 1. The summed E-state index contributed by atoms with van der Waals surface area (Å²) < 4.78 is 5.49. The van der Waals surface area contributed by atoms with Gasteiger partial charge in [0, 0.05) is 36.6 Å². The number of ether oxygens (including phenoxy) is 1. The van der Waals surface area contributed by atoms with Gasteiger partial charge in [0.15, 0.2) is 0 Å². The summed E-state index contributed by atoms with van der Waals surface area (Å²) in [7, 11) is 1.62. The highest BCUT2D eigenvalue weighted by atomic mass is 16.5. The number of methoxy groups -OCH3 is 1. The van der Waals surface area contributed by atoms with Crippen LogP contribution in [0.2, 0.25) is 0 Å². The molecule has 2 bridgehead atoms. The van der Waals surface area contributed by atoms with Crippen molar-refractivity contribution in [1.29, 1.82) is 0 Å². The Morgan fingerprint density at radius 2 is 1.88 bits per heavy atom. The van der Waals surface area contributed by atoms with Crippen LogP contribution in [0.4, 0.5) is 5.69 Å². The summed E-state index contributed by atoms with van der Waals surface area (Å²) >= 11 is 0. The number of nitrogens with zero attached hydrogens (tertiary/aromatic N) is 1. The predicted molar refractivity (Wildman–Crippen MR) is 162 cm³/mol. The van der Waals surface area contributed by atoms with Gasteiger partial charge < -0.3 is 25.8 Å². The summed E-state index contributed by atoms with van der Waals surface area (Å²) in [4.78, 5) is 18.2. The van der Waals surface area contributed by atoms with E-state index in [0.29, 0.717) is 23.8 Å². The van der Waals surface area contributed by atoms with Crippen LogP contribution in [0.1, 0.15) is 107 Å². The minimum Gasteiger partial charge on any atom is -0.497 e. The van der Waals surface area contributed by atoms with E-state index in [-0.39, 0.29) is 22.9 Å². The molecule has 7 nitrogen and oxygen atoms in total. The number of aliphatic hydroxyl groups is 1. The smallest absolute Gasteiger partial charge is 0.251 e. The number of nitrogens with one attached hydrogen (secondary N) is 3. The molecule has 2 aromatic rings. The Morgan fingerprint density at radius 1 is 1.12 bits per heavy atom. The number of aromatic nitrogens is 1. The van der Waals surface area contributed by atoms with E-state index in [1.807, 2.05) is 18.3 Å². The monoisotopic (exact) mass is 550 g/mol.